The zero-order valence-electron chi connectivity index (χ0n) is 19.9. The molecule has 0 radical (unpaired) electrons. The molecule has 0 saturated carbocycles. The Bertz CT molecular complexity index is 1380. The number of methoxy groups -OCH3 is 2. The van der Waals surface area contributed by atoms with Crippen molar-refractivity contribution in [2.75, 3.05) is 14.2 Å². The van der Waals surface area contributed by atoms with Gasteiger partial charge in [-0.2, -0.15) is 0 Å². The van der Waals surface area contributed by atoms with Crippen LogP contribution in [0, 0.1) is 24.4 Å². The Kier molecular flexibility index (Phi) is 6.48. The van der Waals surface area contributed by atoms with Gasteiger partial charge < -0.3 is 9.47 Å². The molecule has 5 nitrogen and oxygen atoms in total. The van der Waals surface area contributed by atoms with E-state index in [9.17, 15) is 18.4 Å². The number of carbonyl (C=O) groups is 1. The lowest BCUT2D eigenvalue weighted by Gasteiger charge is -2.24. The van der Waals surface area contributed by atoms with Crippen molar-refractivity contribution in [3.63, 3.8) is 0 Å². The lowest BCUT2D eigenvalue weighted by Crippen LogP contribution is -2.38. The first-order valence-electron chi connectivity index (χ1n) is 10.8. The van der Waals surface area contributed by atoms with Gasteiger partial charge in [0.25, 0.3) is 5.56 Å². The maximum absolute atomic E-state index is 15.3. The van der Waals surface area contributed by atoms with E-state index in [4.69, 9.17) is 9.47 Å². The zero-order chi connectivity index (χ0) is 25.7. The standard InChI is InChI=1S/C26H24F3NO4S/c1-13-15(12-16-17(27)9-7-10-18(16)28)24-30(22(25(32)34-5)26(2,3)35-24)23(31)20(13)14-8-6-11-19(33-4)21(14)29/h6-11,22H,12H2,1-5H3. The molecular formula is C26H24F3NO4S. The number of ether oxygens (including phenoxy) is 2. The summed E-state index contributed by atoms with van der Waals surface area (Å²) in [5.41, 5.74) is -0.0371. The number of rotatable bonds is 5. The minimum absolute atomic E-state index is 0.0101. The van der Waals surface area contributed by atoms with E-state index in [0.29, 0.717) is 16.2 Å². The summed E-state index contributed by atoms with van der Waals surface area (Å²) in [5.74, 6) is -2.94. The van der Waals surface area contributed by atoms with Crippen LogP contribution in [-0.2, 0) is 16.0 Å². The van der Waals surface area contributed by atoms with Crippen molar-refractivity contribution < 1.29 is 27.4 Å². The van der Waals surface area contributed by atoms with E-state index in [-0.39, 0.29) is 28.9 Å². The molecule has 0 bridgehead atoms. The van der Waals surface area contributed by atoms with E-state index in [0.717, 1.165) is 12.1 Å². The molecule has 3 aromatic rings. The Morgan fingerprint density at radius 1 is 1.06 bits per heavy atom. The third kappa shape index (κ3) is 4.01. The minimum atomic E-state index is -1.03. The third-order valence-corrected chi connectivity index (χ3v) is 7.69. The van der Waals surface area contributed by atoms with Gasteiger partial charge in [0.05, 0.1) is 24.8 Å². The average Bonchev–Trinajstić information content (AvgIpc) is 3.10. The second kappa shape index (κ2) is 9.11. The van der Waals surface area contributed by atoms with Crippen molar-refractivity contribution in [2.45, 2.75) is 43.0 Å². The number of carbonyl (C=O) groups excluding carboxylic acids is 1. The fourth-order valence-corrected chi connectivity index (χ4v) is 6.00. The second-order valence-electron chi connectivity index (χ2n) is 8.79. The number of aromatic nitrogens is 1. The van der Waals surface area contributed by atoms with Crippen LogP contribution < -0.4 is 10.3 Å². The van der Waals surface area contributed by atoms with Gasteiger partial charge in [-0.3, -0.25) is 9.36 Å². The number of hydrogen-bond donors (Lipinski definition) is 0. The van der Waals surface area contributed by atoms with Crippen molar-refractivity contribution in [1.82, 2.24) is 4.57 Å². The van der Waals surface area contributed by atoms with Gasteiger partial charge in [-0.05, 0) is 50.1 Å². The largest absolute Gasteiger partial charge is 0.494 e. The van der Waals surface area contributed by atoms with Gasteiger partial charge in [-0.15, -0.1) is 0 Å². The number of thioether (sulfide) groups is 1. The molecule has 2 heterocycles. The van der Waals surface area contributed by atoms with E-state index in [1.807, 2.05) is 0 Å². The zero-order valence-corrected chi connectivity index (χ0v) is 20.7. The van der Waals surface area contributed by atoms with Crippen LogP contribution >= 0.6 is 11.8 Å². The van der Waals surface area contributed by atoms with Crippen LogP contribution in [0.25, 0.3) is 11.1 Å². The summed E-state index contributed by atoms with van der Waals surface area (Å²) in [7, 11) is 2.53. The molecule has 1 atom stereocenters. The monoisotopic (exact) mass is 503 g/mol. The van der Waals surface area contributed by atoms with Crippen LogP contribution in [0.4, 0.5) is 13.2 Å². The molecule has 2 aromatic carbocycles. The first-order chi connectivity index (χ1) is 16.5. The van der Waals surface area contributed by atoms with Crippen molar-refractivity contribution >= 4 is 17.7 Å². The Labute approximate surface area is 204 Å². The van der Waals surface area contributed by atoms with Crippen LogP contribution in [0.5, 0.6) is 5.75 Å². The van der Waals surface area contributed by atoms with Crippen molar-refractivity contribution in [3.8, 4) is 16.9 Å². The number of pyridine rings is 1. The lowest BCUT2D eigenvalue weighted by molar-refractivity contribution is -0.145. The van der Waals surface area contributed by atoms with Crippen molar-refractivity contribution in [2.24, 2.45) is 0 Å². The summed E-state index contributed by atoms with van der Waals surface area (Å²) in [4.78, 5) is 26.7. The first-order valence-corrected chi connectivity index (χ1v) is 11.7. The third-order valence-electron chi connectivity index (χ3n) is 6.31. The maximum Gasteiger partial charge on any atom is 0.330 e. The second-order valence-corrected chi connectivity index (χ2v) is 10.4. The van der Waals surface area contributed by atoms with Crippen LogP contribution in [-0.4, -0.2) is 29.5 Å². The van der Waals surface area contributed by atoms with Gasteiger partial charge in [-0.25, -0.2) is 18.0 Å². The number of benzene rings is 2. The molecule has 1 aliphatic rings. The molecule has 35 heavy (non-hydrogen) atoms. The number of halogens is 3. The molecule has 9 heteroatoms. The van der Waals surface area contributed by atoms with Crippen LogP contribution in [0.2, 0.25) is 0 Å². The Morgan fingerprint density at radius 2 is 1.69 bits per heavy atom. The number of esters is 1. The SMILES string of the molecule is COC(=O)C1n2c(c(Cc3c(F)cccc3F)c(C)c(-c3cccc(OC)c3F)c2=O)SC1(C)C. The highest BCUT2D eigenvalue weighted by molar-refractivity contribution is 8.00. The Balaban J connectivity index is 2.10. The average molecular weight is 504 g/mol. The van der Waals surface area contributed by atoms with E-state index in [1.165, 1.54) is 48.7 Å². The minimum Gasteiger partial charge on any atom is -0.494 e. The van der Waals surface area contributed by atoms with Gasteiger partial charge in [0, 0.05) is 22.3 Å². The molecule has 0 N–H and O–H groups in total. The highest BCUT2D eigenvalue weighted by atomic mass is 32.2. The van der Waals surface area contributed by atoms with Crippen molar-refractivity contribution in [3.05, 3.63) is 80.9 Å². The molecule has 0 amide bonds. The summed E-state index contributed by atoms with van der Waals surface area (Å²) in [5, 5.41) is 0.391. The van der Waals surface area contributed by atoms with Gasteiger partial charge >= 0.3 is 5.97 Å². The molecule has 1 aliphatic heterocycles. The molecular weight excluding hydrogens is 479 g/mol. The number of hydrogen-bond acceptors (Lipinski definition) is 5. The van der Waals surface area contributed by atoms with E-state index < -0.39 is 39.8 Å². The maximum atomic E-state index is 15.3. The molecule has 4 rings (SSSR count). The summed E-state index contributed by atoms with van der Waals surface area (Å²) >= 11 is 1.25. The van der Waals surface area contributed by atoms with Crippen molar-refractivity contribution in [1.29, 1.82) is 0 Å². The number of nitrogens with zero attached hydrogens (tertiary/aromatic N) is 1. The molecule has 1 unspecified atom stereocenters. The van der Waals surface area contributed by atoms with Crippen LogP contribution in [0.3, 0.4) is 0 Å². The molecule has 0 spiro atoms. The van der Waals surface area contributed by atoms with Crippen LogP contribution in [0.1, 0.15) is 36.6 Å². The molecule has 0 saturated heterocycles. The van der Waals surface area contributed by atoms with Gasteiger partial charge in [0.15, 0.2) is 11.6 Å². The summed E-state index contributed by atoms with van der Waals surface area (Å²) in [6.45, 7) is 5.17. The molecule has 0 fully saturated rings. The predicted octanol–water partition coefficient (Wildman–Crippen LogP) is 5.44. The van der Waals surface area contributed by atoms with Crippen LogP contribution in [0.15, 0.2) is 46.2 Å². The normalized spacial score (nSPS) is 16.2. The molecule has 0 aliphatic carbocycles. The van der Waals surface area contributed by atoms with Gasteiger partial charge in [-0.1, -0.05) is 30.0 Å². The first kappa shape index (κ1) is 24.9. The Morgan fingerprint density at radius 3 is 2.29 bits per heavy atom. The fraction of sp³-hybridized carbons (Fsp3) is 0.308. The molecule has 1 aromatic heterocycles. The topological polar surface area (TPSA) is 57.5 Å². The van der Waals surface area contributed by atoms with Gasteiger partial charge in [0.2, 0.25) is 0 Å². The quantitative estimate of drug-likeness (QED) is 0.434. The van der Waals surface area contributed by atoms with E-state index in [2.05, 4.69) is 0 Å². The van der Waals surface area contributed by atoms with Gasteiger partial charge in [0.1, 0.15) is 17.7 Å². The number of fused-ring (bicyclic) bond motifs is 1. The summed E-state index contributed by atoms with van der Waals surface area (Å²) in [6.07, 6.45) is -0.199. The van der Waals surface area contributed by atoms with E-state index >= 15 is 4.39 Å². The Hall–Kier alpha value is -3.20. The predicted molar refractivity (Wildman–Crippen MR) is 128 cm³/mol. The summed E-state index contributed by atoms with van der Waals surface area (Å²) in [6, 6.07) is 6.94. The summed E-state index contributed by atoms with van der Waals surface area (Å²) < 4.78 is 55.1. The van der Waals surface area contributed by atoms with E-state index in [1.54, 1.807) is 26.8 Å². The fourth-order valence-electron chi connectivity index (χ4n) is 4.56. The molecule has 184 valence electrons. The highest BCUT2D eigenvalue weighted by Gasteiger charge is 2.48. The lowest BCUT2D eigenvalue weighted by atomic mass is 9.93. The smallest absolute Gasteiger partial charge is 0.330 e. The highest BCUT2D eigenvalue weighted by Crippen LogP contribution is 2.51.